The molecule has 0 amide bonds. The molecule has 1 aromatic rings. The Kier molecular flexibility index (Phi) is 3.97. The van der Waals surface area contributed by atoms with Crippen LogP contribution in [0.5, 0.6) is 0 Å². The summed E-state index contributed by atoms with van der Waals surface area (Å²) in [6.45, 7) is 3.48. The Balaban J connectivity index is 2.33. The van der Waals surface area contributed by atoms with Crippen LogP contribution in [0.25, 0.3) is 0 Å². The number of aryl methyl sites for hydroxylation is 2. The van der Waals surface area contributed by atoms with Crippen LogP contribution in [0.2, 0.25) is 0 Å². The van der Waals surface area contributed by atoms with Crippen molar-refractivity contribution in [3.05, 3.63) is 34.6 Å². The second kappa shape index (κ2) is 5.21. The maximum Gasteiger partial charge on any atom is 0.150 e. The van der Waals surface area contributed by atoms with Gasteiger partial charge >= 0.3 is 0 Å². The third kappa shape index (κ3) is 2.98. The summed E-state index contributed by atoms with van der Waals surface area (Å²) in [6.07, 6.45) is 0.670. The van der Waals surface area contributed by atoms with Gasteiger partial charge in [0.25, 0.3) is 0 Å². The van der Waals surface area contributed by atoms with Crippen molar-refractivity contribution in [3.63, 3.8) is 0 Å². The average Bonchev–Trinajstić information content (AvgIpc) is 2.67. The predicted octanol–water partition coefficient (Wildman–Crippen LogP) is 2.14. The predicted molar refractivity (Wildman–Crippen MR) is 74.4 cm³/mol. The van der Waals surface area contributed by atoms with Gasteiger partial charge in [0.05, 0.1) is 11.5 Å². The summed E-state index contributed by atoms with van der Waals surface area (Å²) in [7, 11) is -1.08. The topological polar surface area (TPSA) is 46.2 Å². The fourth-order valence-corrected chi connectivity index (χ4v) is 4.76. The van der Waals surface area contributed by atoms with E-state index in [2.05, 4.69) is 5.32 Å². The van der Waals surface area contributed by atoms with Gasteiger partial charge in [0.2, 0.25) is 0 Å². The molecule has 3 nitrogen and oxygen atoms in total. The summed E-state index contributed by atoms with van der Waals surface area (Å²) >= 11 is 0. The van der Waals surface area contributed by atoms with Gasteiger partial charge in [-0.05, 0) is 49.9 Å². The molecule has 106 valence electrons. The molecule has 19 heavy (non-hydrogen) atoms. The minimum Gasteiger partial charge on any atom is -0.313 e. The highest BCUT2D eigenvalue weighted by atomic mass is 32.2. The lowest BCUT2D eigenvalue weighted by molar-refractivity contribution is 0.417. The molecule has 0 saturated carbocycles. The third-order valence-corrected chi connectivity index (χ3v) is 5.66. The largest absolute Gasteiger partial charge is 0.313 e. The Bertz CT molecular complexity index is 560. The first-order valence-corrected chi connectivity index (χ1v) is 8.30. The van der Waals surface area contributed by atoms with E-state index in [1.807, 2.05) is 19.2 Å². The number of sulfone groups is 1. The van der Waals surface area contributed by atoms with Crippen molar-refractivity contribution in [2.24, 2.45) is 5.92 Å². The zero-order chi connectivity index (χ0) is 14.2. The molecule has 1 heterocycles. The van der Waals surface area contributed by atoms with Crippen LogP contribution < -0.4 is 5.32 Å². The Morgan fingerprint density at radius 3 is 2.32 bits per heavy atom. The molecule has 1 aliphatic rings. The molecular weight excluding hydrogens is 265 g/mol. The minimum atomic E-state index is -2.90. The standard InChI is InChI=1S/C14H20FNO2S/c1-9-6-12(7-10(2)13(9)15)14(16-3)11-4-5-19(17,18)8-11/h6-7,11,14,16H,4-5,8H2,1-3H3. The van der Waals surface area contributed by atoms with Crippen LogP contribution in [0.3, 0.4) is 0 Å². The van der Waals surface area contributed by atoms with E-state index in [9.17, 15) is 12.8 Å². The second-order valence-corrected chi connectivity index (χ2v) is 7.63. The molecule has 1 fully saturated rings. The van der Waals surface area contributed by atoms with E-state index in [4.69, 9.17) is 0 Å². The quantitative estimate of drug-likeness (QED) is 0.925. The zero-order valence-electron chi connectivity index (χ0n) is 11.5. The van der Waals surface area contributed by atoms with E-state index in [0.29, 0.717) is 17.5 Å². The highest BCUT2D eigenvalue weighted by Gasteiger charge is 2.34. The van der Waals surface area contributed by atoms with Crippen molar-refractivity contribution >= 4 is 9.84 Å². The van der Waals surface area contributed by atoms with Gasteiger partial charge in [0.1, 0.15) is 5.82 Å². The first-order valence-electron chi connectivity index (χ1n) is 6.48. The molecule has 2 rings (SSSR count). The van der Waals surface area contributed by atoms with Crippen LogP contribution in [0, 0.1) is 25.6 Å². The summed E-state index contributed by atoms with van der Waals surface area (Å²) in [5.41, 5.74) is 2.19. The molecule has 0 aromatic heterocycles. The van der Waals surface area contributed by atoms with Crippen molar-refractivity contribution in [3.8, 4) is 0 Å². The smallest absolute Gasteiger partial charge is 0.150 e. The van der Waals surface area contributed by atoms with Crippen LogP contribution in [0.4, 0.5) is 4.39 Å². The van der Waals surface area contributed by atoms with Crippen molar-refractivity contribution in [2.75, 3.05) is 18.6 Å². The molecule has 0 bridgehead atoms. The maximum atomic E-state index is 13.7. The van der Waals surface area contributed by atoms with Crippen molar-refractivity contribution in [1.82, 2.24) is 5.32 Å². The first-order chi connectivity index (χ1) is 8.84. The molecular formula is C14H20FNO2S. The summed E-state index contributed by atoms with van der Waals surface area (Å²) in [4.78, 5) is 0. The Labute approximate surface area is 114 Å². The lowest BCUT2D eigenvalue weighted by Crippen LogP contribution is -2.26. The van der Waals surface area contributed by atoms with Crippen molar-refractivity contribution < 1.29 is 12.8 Å². The number of hydrogen-bond donors (Lipinski definition) is 1. The van der Waals surface area contributed by atoms with Gasteiger partial charge in [-0.3, -0.25) is 0 Å². The number of halogens is 1. The number of hydrogen-bond acceptors (Lipinski definition) is 3. The van der Waals surface area contributed by atoms with Crippen LogP contribution in [0.15, 0.2) is 12.1 Å². The minimum absolute atomic E-state index is 0.0322. The number of benzene rings is 1. The zero-order valence-corrected chi connectivity index (χ0v) is 12.3. The molecule has 0 radical (unpaired) electrons. The van der Waals surface area contributed by atoms with Crippen molar-refractivity contribution in [2.45, 2.75) is 26.3 Å². The Morgan fingerprint density at radius 2 is 1.89 bits per heavy atom. The van der Waals surface area contributed by atoms with E-state index in [-0.39, 0.29) is 29.3 Å². The monoisotopic (exact) mass is 285 g/mol. The van der Waals surface area contributed by atoms with Crippen LogP contribution in [0.1, 0.15) is 29.2 Å². The van der Waals surface area contributed by atoms with Gasteiger partial charge in [-0.1, -0.05) is 12.1 Å². The number of nitrogens with one attached hydrogen (secondary N) is 1. The lowest BCUT2D eigenvalue weighted by Gasteiger charge is -2.23. The van der Waals surface area contributed by atoms with Crippen LogP contribution in [-0.2, 0) is 9.84 Å². The molecule has 5 heteroatoms. The molecule has 1 saturated heterocycles. The molecule has 0 aliphatic carbocycles. The molecule has 2 atom stereocenters. The Morgan fingerprint density at radius 1 is 1.32 bits per heavy atom. The van der Waals surface area contributed by atoms with Gasteiger partial charge in [-0.15, -0.1) is 0 Å². The summed E-state index contributed by atoms with van der Waals surface area (Å²) in [5.74, 6) is 0.361. The van der Waals surface area contributed by atoms with E-state index >= 15 is 0 Å². The van der Waals surface area contributed by atoms with E-state index in [1.165, 1.54) is 0 Å². The molecule has 1 aliphatic heterocycles. The lowest BCUT2D eigenvalue weighted by atomic mass is 9.90. The van der Waals surface area contributed by atoms with Gasteiger partial charge in [-0.25, -0.2) is 12.8 Å². The fraction of sp³-hybridized carbons (Fsp3) is 0.571. The van der Waals surface area contributed by atoms with Gasteiger partial charge in [0, 0.05) is 6.04 Å². The van der Waals surface area contributed by atoms with E-state index in [1.54, 1.807) is 13.8 Å². The summed E-state index contributed by atoms with van der Waals surface area (Å²) in [5, 5.41) is 3.19. The van der Waals surface area contributed by atoms with Gasteiger partial charge in [-0.2, -0.15) is 0 Å². The molecule has 0 spiro atoms. The van der Waals surface area contributed by atoms with E-state index in [0.717, 1.165) is 5.56 Å². The SMILES string of the molecule is CNC(c1cc(C)c(F)c(C)c1)C1CCS(=O)(=O)C1. The molecule has 1 N–H and O–H groups in total. The van der Waals surface area contributed by atoms with E-state index < -0.39 is 9.84 Å². The maximum absolute atomic E-state index is 13.7. The summed E-state index contributed by atoms with van der Waals surface area (Å²) in [6, 6.07) is 3.60. The highest BCUT2D eigenvalue weighted by molar-refractivity contribution is 7.91. The van der Waals surface area contributed by atoms with Crippen LogP contribution in [-0.4, -0.2) is 27.0 Å². The first kappa shape index (κ1) is 14.5. The second-order valence-electron chi connectivity index (χ2n) is 5.40. The fourth-order valence-electron chi connectivity index (χ4n) is 2.92. The number of rotatable bonds is 3. The highest BCUT2D eigenvalue weighted by Crippen LogP contribution is 2.32. The van der Waals surface area contributed by atoms with Gasteiger partial charge < -0.3 is 5.32 Å². The molecule has 2 unspecified atom stereocenters. The van der Waals surface area contributed by atoms with Gasteiger partial charge in [0.15, 0.2) is 9.84 Å². The normalized spacial score (nSPS) is 23.5. The third-order valence-electron chi connectivity index (χ3n) is 3.87. The van der Waals surface area contributed by atoms with Crippen LogP contribution >= 0.6 is 0 Å². The Hall–Kier alpha value is -0.940. The summed E-state index contributed by atoms with van der Waals surface area (Å²) < 4.78 is 36.8. The van der Waals surface area contributed by atoms with Crippen molar-refractivity contribution in [1.29, 1.82) is 0 Å². The average molecular weight is 285 g/mol. The molecule has 1 aromatic carbocycles.